The van der Waals surface area contributed by atoms with Crippen molar-refractivity contribution in [1.82, 2.24) is 19.6 Å². The van der Waals surface area contributed by atoms with Crippen molar-refractivity contribution in [2.45, 2.75) is 19.3 Å². The zero-order valence-corrected chi connectivity index (χ0v) is 21.2. The first kappa shape index (κ1) is 27.4. The predicted octanol–water partition coefficient (Wildman–Crippen LogP) is 1.76. The van der Waals surface area contributed by atoms with E-state index in [4.69, 9.17) is 12.2 Å². The number of aliphatic carboxylic acids is 2. The average molecular weight is 504 g/mol. The number of carboxylic acids is 2. The first-order valence-corrected chi connectivity index (χ1v) is 12.8. The van der Waals surface area contributed by atoms with E-state index in [0.29, 0.717) is 5.92 Å². The van der Waals surface area contributed by atoms with Crippen molar-refractivity contribution in [3.8, 4) is 0 Å². The van der Waals surface area contributed by atoms with Crippen molar-refractivity contribution in [3.05, 3.63) is 29.8 Å². The molecule has 2 aliphatic heterocycles. The Kier molecular flexibility index (Phi) is 11.3. The molecule has 2 saturated heterocycles. The summed E-state index contributed by atoms with van der Waals surface area (Å²) in [4.78, 5) is 35.8. The summed E-state index contributed by atoms with van der Waals surface area (Å²) in [6.45, 7) is 8.31. The lowest BCUT2D eigenvalue weighted by Gasteiger charge is -2.31. The third-order valence-electron chi connectivity index (χ3n) is 6.75. The Morgan fingerprint density at radius 2 is 1.34 bits per heavy atom. The second-order valence-corrected chi connectivity index (χ2v) is 9.77. The van der Waals surface area contributed by atoms with Gasteiger partial charge in [-0.1, -0.05) is 12.1 Å². The molecule has 3 rings (SSSR count). The number of hydrogen-bond acceptors (Lipinski definition) is 8. The number of fused-ring (bicyclic) bond motifs is 4. The molecule has 0 saturated carbocycles. The number of carboxylic acid groups (broad SMARTS) is 2. The summed E-state index contributed by atoms with van der Waals surface area (Å²) in [5.41, 5.74) is 2.06. The molecule has 0 aromatic heterocycles. The van der Waals surface area contributed by atoms with E-state index in [9.17, 15) is 19.8 Å². The van der Waals surface area contributed by atoms with Gasteiger partial charge in [-0.05, 0) is 68.2 Å². The van der Waals surface area contributed by atoms with Gasteiger partial charge >= 0.3 is 11.9 Å². The normalized spacial score (nSPS) is 25.2. The second kappa shape index (κ2) is 14.4. The topological polar surface area (TPSA) is 99.9 Å². The molecule has 10 heteroatoms. The third-order valence-corrected chi connectivity index (χ3v) is 6.84. The summed E-state index contributed by atoms with van der Waals surface area (Å²) < 4.78 is 0. The number of nitrogens with zero attached hydrogens (tertiary/aromatic N) is 5. The molecule has 0 radical (unpaired) electrons. The lowest BCUT2D eigenvalue weighted by Crippen LogP contribution is -2.41. The molecule has 35 heavy (non-hydrogen) atoms. The van der Waals surface area contributed by atoms with Crippen LogP contribution in [0.1, 0.15) is 18.4 Å². The Hall–Kier alpha value is -2.20. The molecule has 192 valence electrons. The van der Waals surface area contributed by atoms with E-state index in [1.807, 2.05) is 21.9 Å². The maximum atomic E-state index is 11.4. The van der Waals surface area contributed by atoms with E-state index in [-0.39, 0.29) is 13.1 Å². The van der Waals surface area contributed by atoms with Crippen LogP contribution in [0, 0.1) is 5.92 Å². The third kappa shape index (κ3) is 10.1. The van der Waals surface area contributed by atoms with E-state index in [2.05, 4.69) is 32.1 Å². The van der Waals surface area contributed by atoms with Crippen LogP contribution in [0.15, 0.2) is 29.3 Å². The number of thiocarbonyl (C=S) groups is 1. The van der Waals surface area contributed by atoms with Gasteiger partial charge in [-0.2, -0.15) is 4.99 Å². The largest absolute Gasteiger partial charge is 0.480 e. The number of hydrogen-bond donors (Lipinski definition) is 2. The Morgan fingerprint density at radius 1 is 0.829 bits per heavy atom. The minimum absolute atomic E-state index is 0.0697. The van der Waals surface area contributed by atoms with Crippen LogP contribution in [0.2, 0.25) is 0 Å². The fraction of sp³-hybridized carbons (Fsp3) is 0.640. The number of benzene rings is 1. The van der Waals surface area contributed by atoms with Crippen LogP contribution in [-0.4, -0.2) is 125 Å². The van der Waals surface area contributed by atoms with E-state index < -0.39 is 11.9 Å². The summed E-state index contributed by atoms with van der Waals surface area (Å²) in [7, 11) is 0. The first-order chi connectivity index (χ1) is 16.9. The highest BCUT2D eigenvalue weighted by Crippen LogP contribution is 2.19. The molecular weight excluding hydrogens is 466 g/mol. The molecule has 2 aliphatic rings. The van der Waals surface area contributed by atoms with Gasteiger partial charge in [-0.25, -0.2) is 0 Å². The van der Waals surface area contributed by atoms with Gasteiger partial charge in [0.05, 0.1) is 23.9 Å². The number of rotatable bonds is 7. The van der Waals surface area contributed by atoms with Gasteiger partial charge in [0.1, 0.15) is 0 Å². The predicted molar refractivity (Wildman–Crippen MR) is 139 cm³/mol. The molecule has 2 bridgehead atoms. The highest BCUT2D eigenvalue weighted by Gasteiger charge is 2.23. The Balaban J connectivity index is 1.80. The molecule has 0 spiro atoms. The summed E-state index contributed by atoms with van der Waals surface area (Å²) in [6, 6.07) is 8.15. The van der Waals surface area contributed by atoms with E-state index in [1.54, 1.807) is 0 Å². The monoisotopic (exact) mass is 503 g/mol. The van der Waals surface area contributed by atoms with Gasteiger partial charge in [0.25, 0.3) is 0 Å². The molecule has 2 unspecified atom stereocenters. The molecule has 2 atom stereocenters. The summed E-state index contributed by atoms with van der Waals surface area (Å²) in [5, 5.41) is 21.1. The van der Waals surface area contributed by atoms with Gasteiger partial charge in [0.2, 0.25) is 0 Å². The van der Waals surface area contributed by atoms with Crippen LogP contribution >= 0.6 is 12.2 Å². The van der Waals surface area contributed by atoms with Crippen molar-refractivity contribution >= 4 is 35.0 Å². The second-order valence-electron chi connectivity index (χ2n) is 9.59. The maximum Gasteiger partial charge on any atom is 0.317 e. The van der Waals surface area contributed by atoms with Crippen LogP contribution < -0.4 is 0 Å². The smallest absolute Gasteiger partial charge is 0.317 e. The summed E-state index contributed by atoms with van der Waals surface area (Å²) in [6.07, 6.45) is 2.72. The SMILES string of the molecule is O=C(O)CN1CCCN2CCN(CC(=O)O)CCCN(CC1)CC(Cc1ccc(N=C=S)cc1)C2. The summed E-state index contributed by atoms with van der Waals surface area (Å²) in [5.74, 6) is -1.16. The van der Waals surface area contributed by atoms with Crippen molar-refractivity contribution < 1.29 is 19.8 Å². The van der Waals surface area contributed by atoms with Crippen LogP contribution in [0.3, 0.4) is 0 Å². The zero-order valence-electron chi connectivity index (χ0n) is 20.3. The standard InChI is InChI=1S/C25H37N5O4S/c31-24(32)18-29-9-1-7-27-11-14-30(19-25(33)34)10-2-8-28(12-13-29)17-22(16-27)15-21-3-5-23(6-4-21)26-20-35/h3-6,22H,1-2,7-19H2,(H,31,32)(H,33,34). The highest BCUT2D eigenvalue weighted by molar-refractivity contribution is 7.78. The molecule has 2 fully saturated rings. The number of carbonyl (C=O) groups is 2. The fourth-order valence-electron chi connectivity index (χ4n) is 5.12. The molecule has 0 amide bonds. The Morgan fingerprint density at radius 3 is 1.80 bits per heavy atom. The van der Waals surface area contributed by atoms with Gasteiger partial charge in [-0.15, -0.1) is 0 Å². The highest BCUT2D eigenvalue weighted by atomic mass is 32.1. The van der Waals surface area contributed by atoms with E-state index >= 15 is 0 Å². The van der Waals surface area contributed by atoms with Gasteiger partial charge in [0.15, 0.2) is 0 Å². The van der Waals surface area contributed by atoms with Gasteiger partial charge in [0, 0.05) is 52.4 Å². The fourth-order valence-corrected chi connectivity index (χ4v) is 5.23. The van der Waals surface area contributed by atoms with Crippen LogP contribution in [-0.2, 0) is 16.0 Å². The van der Waals surface area contributed by atoms with Crippen molar-refractivity contribution in [2.75, 3.05) is 78.5 Å². The molecule has 2 N–H and O–H groups in total. The van der Waals surface area contributed by atoms with Gasteiger partial charge < -0.3 is 20.0 Å². The lowest BCUT2D eigenvalue weighted by molar-refractivity contribution is -0.139. The lowest BCUT2D eigenvalue weighted by atomic mass is 9.97. The summed E-state index contributed by atoms with van der Waals surface area (Å²) >= 11 is 4.70. The van der Waals surface area contributed by atoms with Crippen molar-refractivity contribution in [2.24, 2.45) is 10.9 Å². The average Bonchev–Trinajstić information content (AvgIpc) is 2.85. The zero-order chi connectivity index (χ0) is 25.0. The Labute approximate surface area is 213 Å². The molecule has 1 aromatic carbocycles. The Bertz CT molecular complexity index is 837. The molecule has 0 aliphatic carbocycles. The minimum Gasteiger partial charge on any atom is -0.480 e. The van der Waals surface area contributed by atoms with Gasteiger partial charge in [-0.3, -0.25) is 19.4 Å². The number of aliphatic imine (C=N–C) groups is 1. The molecular formula is C25H37N5O4S. The molecule has 9 nitrogen and oxygen atoms in total. The maximum absolute atomic E-state index is 11.4. The first-order valence-electron chi connectivity index (χ1n) is 12.4. The quantitative estimate of drug-likeness (QED) is 0.426. The van der Waals surface area contributed by atoms with Crippen LogP contribution in [0.25, 0.3) is 0 Å². The van der Waals surface area contributed by atoms with Crippen LogP contribution in [0.4, 0.5) is 5.69 Å². The van der Waals surface area contributed by atoms with Crippen LogP contribution in [0.5, 0.6) is 0 Å². The van der Waals surface area contributed by atoms with E-state index in [0.717, 1.165) is 90.4 Å². The van der Waals surface area contributed by atoms with E-state index in [1.165, 1.54) is 5.56 Å². The minimum atomic E-state index is -0.784. The molecule has 2 heterocycles. The number of isothiocyanates is 1. The van der Waals surface area contributed by atoms with Crippen molar-refractivity contribution in [1.29, 1.82) is 0 Å². The molecule has 1 aromatic rings. The van der Waals surface area contributed by atoms with Crippen molar-refractivity contribution in [3.63, 3.8) is 0 Å².